The van der Waals surface area contributed by atoms with Crippen LogP contribution in [0.2, 0.25) is 0 Å². The van der Waals surface area contributed by atoms with Crippen molar-refractivity contribution in [2.75, 3.05) is 0 Å². The van der Waals surface area contributed by atoms with Crippen molar-refractivity contribution in [3.63, 3.8) is 0 Å². The molecule has 3 heterocycles. The van der Waals surface area contributed by atoms with Gasteiger partial charge in [-0.1, -0.05) is 0 Å². The molecule has 0 bridgehead atoms. The molecular formula is C15H17N3O4S. The zero-order valence-corrected chi connectivity index (χ0v) is 13.5. The SMILES string of the molecule is CC(=O)NCc1scc2c1CN(C1CCCC(=O)NC1=O)C2=O. The Balaban J connectivity index is 1.79. The van der Waals surface area contributed by atoms with Gasteiger partial charge < -0.3 is 10.2 Å². The molecule has 7 nitrogen and oxygen atoms in total. The number of thiophene rings is 1. The number of nitrogens with zero attached hydrogens (tertiary/aromatic N) is 1. The van der Waals surface area contributed by atoms with Crippen molar-refractivity contribution in [2.24, 2.45) is 0 Å². The largest absolute Gasteiger partial charge is 0.351 e. The first-order valence-electron chi connectivity index (χ1n) is 7.45. The first-order valence-corrected chi connectivity index (χ1v) is 8.33. The summed E-state index contributed by atoms with van der Waals surface area (Å²) in [5, 5.41) is 6.84. The Morgan fingerprint density at radius 2 is 2.22 bits per heavy atom. The third-order valence-electron chi connectivity index (χ3n) is 4.12. The summed E-state index contributed by atoms with van der Waals surface area (Å²) in [6, 6.07) is -0.611. The Bertz CT molecular complexity index is 697. The molecule has 3 rings (SSSR count). The van der Waals surface area contributed by atoms with Gasteiger partial charge in [0.15, 0.2) is 0 Å². The normalized spacial score (nSPS) is 21.0. The van der Waals surface area contributed by atoms with Gasteiger partial charge in [0.05, 0.1) is 12.1 Å². The fraction of sp³-hybridized carbons (Fsp3) is 0.467. The van der Waals surface area contributed by atoms with Crippen molar-refractivity contribution in [1.29, 1.82) is 0 Å². The van der Waals surface area contributed by atoms with Crippen molar-refractivity contribution in [3.05, 3.63) is 21.4 Å². The zero-order valence-electron chi connectivity index (χ0n) is 12.7. The lowest BCUT2D eigenvalue weighted by molar-refractivity contribution is -0.132. The molecule has 1 unspecified atom stereocenters. The minimum atomic E-state index is -0.611. The lowest BCUT2D eigenvalue weighted by Crippen LogP contribution is -2.47. The number of amides is 4. The van der Waals surface area contributed by atoms with E-state index in [1.165, 1.54) is 23.2 Å². The summed E-state index contributed by atoms with van der Waals surface area (Å²) in [6.07, 6.45) is 1.37. The van der Waals surface area contributed by atoms with E-state index in [4.69, 9.17) is 0 Å². The van der Waals surface area contributed by atoms with Crippen LogP contribution >= 0.6 is 11.3 Å². The summed E-state index contributed by atoms with van der Waals surface area (Å²) in [5.41, 5.74) is 1.47. The number of hydrogen-bond donors (Lipinski definition) is 2. The van der Waals surface area contributed by atoms with Crippen molar-refractivity contribution in [3.8, 4) is 0 Å². The van der Waals surface area contributed by atoms with Gasteiger partial charge in [-0.25, -0.2) is 0 Å². The lowest BCUT2D eigenvalue weighted by atomic mass is 10.1. The summed E-state index contributed by atoms with van der Waals surface area (Å²) in [4.78, 5) is 49.7. The van der Waals surface area contributed by atoms with Gasteiger partial charge in [0, 0.05) is 30.1 Å². The Labute approximate surface area is 137 Å². The molecule has 0 aliphatic carbocycles. The third-order valence-corrected chi connectivity index (χ3v) is 5.15. The third kappa shape index (κ3) is 2.98. The molecule has 0 aromatic carbocycles. The highest BCUT2D eigenvalue weighted by Crippen LogP contribution is 2.33. The second-order valence-corrected chi connectivity index (χ2v) is 6.68. The molecule has 8 heteroatoms. The zero-order chi connectivity index (χ0) is 16.6. The standard InChI is InChI=1S/C15H17N3O4S/c1-8(19)16-5-12-9-6-18(15(22)10(9)7-23-12)11-3-2-4-13(20)17-14(11)21/h7,11H,2-6H2,1H3,(H,16,19)(H,17,20,21). The molecular weight excluding hydrogens is 318 g/mol. The second kappa shape index (κ2) is 6.11. The van der Waals surface area contributed by atoms with Gasteiger partial charge in [0.1, 0.15) is 6.04 Å². The number of carbonyl (C=O) groups is 4. The molecule has 0 saturated carbocycles. The lowest BCUT2D eigenvalue weighted by Gasteiger charge is -2.25. The van der Waals surface area contributed by atoms with Crippen molar-refractivity contribution in [1.82, 2.24) is 15.5 Å². The van der Waals surface area contributed by atoms with Crippen LogP contribution in [-0.4, -0.2) is 34.6 Å². The van der Waals surface area contributed by atoms with Gasteiger partial charge in [-0.3, -0.25) is 24.5 Å². The smallest absolute Gasteiger partial charge is 0.256 e. The average molecular weight is 335 g/mol. The van der Waals surface area contributed by atoms with Crippen LogP contribution in [0.25, 0.3) is 0 Å². The predicted molar refractivity (Wildman–Crippen MR) is 82.5 cm³/mol. The highest BCUT2D eigenvalue weighted by Gasteiger charge is 2.39. The highest BCUT2D eigenvalue weighted by atomic mass is 32.1. The van der Waals surface area contributed by atoms with E-state index in [0.29, 0.717) is 37.9 Å². The molecule has 1 saturated heterocycles. The summed E-state index contributed by atoms with van der Waals surface area (Å²) >= 11 is 1.43. The molecule has 0 spiro atoms. The number of carbonyl (C=O) groups excluding carboxylic acids is 4. The van der Waals surface area contributed by atoms with E-state index in [0.717, 1.165) is 10.4 Å². The van der Waals surface area contributed by atoms with E-state index in [2.05, 4.69) is 10.6 Å². The molecule has 4 amide bonds. The number of fused-ring (bicyclic) bond motifs is 1. The fourth-order valence-corrected chi connectivity index (χ4v) is 3.92. The van der Waals surface area contributed by atoms with Crippen LogP contribution in [0, 0.1) is 0 Å². The first kappa shape index (κ1) is 15.7. The molecule has 1 fully saturated rings. The van der Waals surface area contributed by atoms with Gasteiger partial charge in [-0.05, 0) is 18.4 Å². The van der Waals surface area contributed by atoms with Crippen LogP contribution in [0.3, 0.4) is 0 Å². The van der Waals surface area contributed by atoms with Crippen molar-refractivity contribution in [2.45, 2.75) is 45.3 Å². The molecule has 0 radical (unpaired) electrons. The van der Waals surface area contributed by atoms with E-state index in [1.54, 1.807) is 5.38 Å². The van der Waals surface area contributed by atoms with Crippen LogP contribution in [0.5, 0.6) is 0 Å². The number of imide groups is 1. The van der Waals surface area contributed by atoms with Crippen molar-refractivity contribution >= 4 is 35.0 Å². The fourth-order valence-electron chi connectivity index (χ4n) is 2.94. The molecule has 1 atom stereocenters. The Hall–Kier alpha value is -2.22. The minimum Gasteiger partial charge on any atom is -0.351 e. The quantitative estimate of drug-likeness (QED) is 0.788. The highest BCUT2D eigenvalue weighted by molar-refractivity contribution is 7.10. The molecule has 1 aromatic heterocycles. The molecule has 122 valence electrons. The Kier molecular flexibility index (Phi) is 4.16. The van der Waals surface area contributed by atoms with Crippen LogP contribution in [0.15, 0.2) is 5.38 Å². The Morgan fingerprint density at radius 3 is 2.96 bits per heavy atom. The molecule has 23 heavy (non-hydrogen) atoms. The maximum Gasteiger partial charge on any atom is 0.256 e. The maximum absolute atomic E-state index is 12.6. The second-order valence-electron chi connectivity index (χ2n) is 5.71. The van der Waals surface area contributed by atoms with Gasteiger partial charge >= 0.3 is 0 Å². The van der Waals surface area contributed by atoms with Crippen LogP contribution in [0.1, 0.15) is 47.0 Å². The van der Waals surface area contributed by atoms with E-state index < -0.39 is 11.9 Å². The van der Waals surface area contributed by atoms with Crippen LogP contribution < -0.4 is 10.6 Å². The average Bonchev–Trinajstić information content (AvgIpc) is 2.97. The van der Waals surface area contributed by atoms with Crippen LogP contribution in [-0.2, 0) is 27.5 Å². The minimum absolute atomic E-state index is 0.130. The van der Waals surface area contributed by atoms with Gasteiger partial charge in [-0.2, -0.15) is 0 Å². The summed E-state index contributed by atoms with van der Waals surface area (Å²) in [5.74, 6) is -1.00. The number of nitrogens with one attached hydrogen (secondary N) is 2. The predicted octanol–water partition coefficient (Wildman–Crippen LogP) is 0.535. The van der Waals surface area contributed by atoms with Crippen molar-refractivity contribution < 1.29 is 19.2 Å². The number of rotatable bonds is 3. The maximum atomic E-state index is 12.6. The molecule has 2 aliphatic rings. The topological polar surface area (TPSA) is 95.6 Å². The van der Waals surface area contributed by atoms with Gasteiger partial charge in [0.2, 0.25) is 17.7 Å². The van der Waals surface area contributed by atoms with E-state index in [9.17, 15) is 19.2 Å². The molecule has 2 N–H and O–H groups in total. The van der Waals surface area contributed by atoms with E-state index in [-0.39, 0.29) is 17.7 Å². The summed E-state index contributed by atoms with van der Waals surface area (Å²) in [7, 11) is 0. The summed E-state index contributed by atoms with van der Waals surface area (Å²) < 4.78 is 0. The molecule has 1 aromatic rings. The van der Waals surface area contributed by atoms with Gasteiger partial charge in [-0.15, -0.1) is 11.3 Å². The monoisotopic (exact) mass is 335 g/mol. The van der Waals surface area contributed by atoms with E-state index >= 15 is 0 Å². The Morgan fingerprint density at radius 1 is 1.43 bits per heavy atom. The first-order chi connectivity index (χ1) is 11.0. The summed E-state index contributed by atoms with van der Waals surface area (Å²) in [6.45, 7) is 2.17. The van der Waals surface area contributed by atoms with E-state index in [1.807, 2.05) is 0 Å². The number of hydrogen-bond acceptors (Lipinski definition) is 5. The van der Waals surface area contributed by atoms with Crippen LogP contribution in [0.4, 0.5) is 0 Å². The molecule has 2 aliphatic heterocycles. The van der Waals surface area contributed by atoms with Gasteiger partial charge in [0.25, 0.3) is 5.91 Å².